The molecule has 3 heteroatoms. The molecule has 0 bridgehead atoms. The summed E-state index contributed by atoms with van der Waals surface area (Å²) in [7, 11) is 2.08. The summed E-state index contributed by atoms with van der Waals surface area (Å²) in [6.07, 6.45) is 0.897. The Morgan fingerprint density at radius 3 is 2.75 bits per heavy atom. The van der Waals surface area contributed by atoms with E-state index in [-0.39, 0.29) is 6.04 Å². The third-order valence-corrected chi connectivity index (χ3v) is 3.31. The van der Waals surface area contributed by atoms with E-state index in [1.54, 1.807) is 0 Å². The van der Waals surface area contributed by atoms with Gasteiger partial charge in [0.25, 0.3) is 0 Å². The van der Waals surface area contributed by atoms with Crippen LogP contribution in [0.1, 0.15) is 18.2 Å². The fourth-order valence-corrected chi connectivity index (χ4v) is 2.42. The predicted molar refractivity (Wildman–Crippen MR) is 70.0 cm³/mol. The van der Waals surface area contributed by atoms with Crippen LogP contribution in [-0.4, -0.2) is 10.6 Å². The minimum Gasteiger partial charge on any atom is -0.347 e. The lowest BCUT2D eigenvalue weighted by atomic mass is 10.1. The highest BCUT2D eigenvalue weighted by atomic mass is 35.5. The molecule has 1 atom stereocenters. The highest BCUT2D eigenvalue weighted by Gasteiger charge is 2.12. The van der Waals surface area contributed by atoms with Gasteiger partial charge in [-0.1, -0.05) is 11.6 Å². The molecule has 0 aliphatic carbocycles. The topological polar surface area (TPSA) is 30.9 Å². The Bertz CT molecular complexity index is 526. The first-order valence-corrected chi connectivity index (χ1v) is 5.87. The average molecular weight is 237 g/mol. The summed E-state index contributed by atoms with van der Waals surface area (Å²) in [4.78, 5) is 0. The molecule has 86 valence electrons. The van der Waals surface area contributed by atoms with Crippen LogP contribution in [0.4, 0.5) is 0 Å². The number of benzene rings is 1. The Balaban J connectivity index is 2.67. The lowest BCUT2D eigenvalue weighted by molar-refractivity contribution is 0.693. The third-order valence-electron chi connectivity index (χ3n) is 3.08. The molecule has 2 rings (SSSR count). The van der Waals surface area contributed by atoms with Crippen LogP contribution in [0.3, 0.4) is 0 Å². The minimum absolute atomic E-state index is 0.178. The number of aromatic nitrogens is 1. The maximum atomic E-state index is 6.02. The Hall–Kier alpha value is -0.990. The smallest absolute Gasteiger partial charge is 0.0483 e. The molecule has 1 aromatic heterocycles. The minimum atomic E-state index is 0.178. The van der Waals surface area contributed by atoms with E-state index >= 15 is 0 Å². The largest absolute Gasteiger partial charge is 0.347 e. The number of fused-ring (bicyclic) bond motifs is 1. The zero-order chi connectivity index (χ0) is 11.9. The van der Waals surface area contributed by atoms with Gasteiger partial charge in [0.1, 0.15) is 0 Å². The zero-order valence-electron chi connectivity index (χ0n) is 9.92. The van der Waals surface area contributed by atoms with Gasteiger partial charge in [-0.25, -0.2) is 0 Å². The van der Waals surface area contributed by atoms with Crippen LogP contribution in [-0.2, 0) is 13.5 Å². The highest BCUT2D eigenvalue weighted by molar-refractivity contribution is 6.31. The van der Waals surface area contributed by atoms with Crippen molar-refractivity contribution in [3.8, 4) is 0 Å². The molecule has 0 spiro atoms. The van der Waals surface area contributed by atoms with Crippen molar-refractivity contribution in [3.05, 3.63) is 34.5 Å². The quantitative estimate of drug-likeness (QED) is 0.854. The fraction of sp³-hybridized carbons (Fsp3) is 0.385. The Morgan fingerprint density at radius 1 is 1.44 bits per heavy atom. The molecule has 0 aliphatic rings. The van der Waals surface area contributed by atoms with Gasteiger partial charge in [0.15, 0.2) is 0 Å². The van der Waals surface area contributed by atoms with Gasteiger partial charge in [0, 0.05) is 41.1 Å². The molecule has 0 radical (unpaired) electrons. The van der Waals surface area contributed by atoms with E-state index in [9.17, 15) is 0 Å². The normalized spacial score (nSPS) is 13.3. The van der Waals surface area contributed by atoms with Crippen LogP contribution in [0.5, 0.6) is 0 Å². The van der Waals surface area contributed by atoms with Crippen molar-refractivity contribution >= 4 is 22.5 Å². The number of aryl methyl sites for hydroxylation is 2. The first-order valence-electron chi connectivity index (χ1n) is 5.49. The van der Waals surface area contributed by atoms with Gasteiger partial charge in [-0.2, -0.15) is 0 Å². The van der Waals surface area contributed by atoms with Crippen molar-refractivity contribution in [2.45, 2.75) is 26.3 Å². The molecular formula is C13H17ClN2. The molecule has 0 aliphatic heterocycles. The fourth-order valence-electron chi connectivity index (χ4n) is 2.25. The summed E-state index contributed by atoms with van der Waals surface area (Å²) in [5.41, 5.74) is 9.68. The van der Waals surface area contributed by atoms with Gasteiger partial charge >= 0.3 is 0 Å². The average Bonchev–Trinajstić information content (AvgIpc) is 2.43. The maximum Gasteiger partial charge on any atom is 0.0483 e. The monoisotopic (exact) mass is 236 g/mol. The van der Waals surface area contributed by atoms with Crippen molar-refractivity contribution in [1.29, 1.82) is 0 Å². The Labute approximate surface area is 101 Å². The maximum absolute atomic E-state index is 6.02. The molecule has 1 aromatic carbocycles. The Kier molecular flexibility index (Phi) is 2.96. The van der Waals surface area contributed by atoms with Gasteiger partial charge in [-0.05, 0) is 37.6 Å². The first-order chi connectivity index (χ1) is 7.50. The molecule has 1 unspecified atom stereocenters. The van der Waals surface area contributed by atoms with Gasteiger partial charge < -0.3 is 10.3 Å². The van der Waals surface area contributed by atoms with Gasteiger partial charge in [-0.15, -0.1) is 0 Å². The number of nitrogens with zero attached hydrogens (tertiary/aromatic N) is 1. The van der Waals surface area contributed by atoms with Crippen LogP contribution in [0.2, 0.25) is 5.02 Å². The molecule has 0 amide bonds. The highest BCUT2D eigenvalue weighted by Crippen LogP contribution is 2.27. The van der Waals surface area contributed by atoms with Crippen LogP contribution < -0.4 is 5.73 Å². The van der Waals surface area contributed by atoms with Crippen molar-refractivity contribution in [3.63, 3.8) is 0 Å². The number of halogens is 1. The van der Waals surface area contributed by atoms with Crippen LogP contribution >= 0.6 is 11.6 Å². The van der Waals surface area contributed by atoms with Crippen LogP contribution in [0, 0.1) is 6.92 Å². The molecule has 1 heterocycles. The van der Waals surface area contributed by atoms with E-state index in [0.717, 1.165) is 11.4 Å². The van der Waals surface area contributed by atoms with Crippen molar-refractivity contribution in [2.75, 3.05) is 0 Å². The molecule has 2 N–H and O–H groups in total. The molecule has 0 fully saturated rings. The van der Waals surface area contributed by atoms with E-state index in [1.807, 2.05) is 19.1 Å². The summed E-state index contributed by atoms with van der Waals surface area (Å²) in [5, 5.41) is 2.01. The second kappa shape index (κ2) is 4.11. The van der Waals surface area contributed by atoms with E-state index in [4.69, 9.17) is 17.3 Å². The first kappa shape index (κ1) is 11.5. The number of hydrogen-bond donors (Lipinski definition) is 1. The summed E-state index contributed by atoms with van der Waals surface area (Å²) in [6, 6.07) is 6.20. The second-order valence-electron chi connectivity index (χ2n) is 4.47. The van der Waals surface area contributed by atoms with E-state index in [2.05, 4.69) is 24.6 Å². The molecule has 0 saturated carbocycles. The van der Waals surface area contributed by atoms with E-state index in [0.29, 0.717) is 0 Å². The summed E-state index contributed by atoms with van der Waals surface area (Å²) in [6.45, 7) is 4.17. The van der Waals surface area contributed by atoms with Crippen molar-refractivity contribution in [1.82, 2.24) is 4.57 Å². The van der Waals surface area contributed by atoms with Crippen molar-refractivity contribution < 1.29 is 0 Å². The third kappa shape index (κ3) is 1.83. The summed E-state index contributed by atoms with van der Waals surface area (Å²) in [5.74, 6) is 0. The summed E-state index contributed by atoms with van der Waals surface area (Å²) >= 11 is 6.02. The van der Waals surface area contributed by atoms with Crippen LogP contribution in [0.15, 0.2) is 18.2 Å². The van der Waals surface area contributed by atoms with Gasteiger partial charge in [-0.3, -0.25) is 0 Å². The predicted octanol–water partition coefficient (Wildman–Crippen LogP) is 3.03. The second-order valence-corrected chi connectivity index (χ2v) is 4.91. The molecule has 0 saturated heterocycles. The van der Waals surface area contributed by atoms with Gasteiger partial charge in [0.2, 0.25) is 0 Å². The standard InChI is InChI=1S/C13H17ClN2/c1-8(15)6-13-9(2)11-7-10(14)4-5-12(11)16(13)3/h4-5,7-8H,6,15H2,1-3H3. The van der Waals surface area contributed by atoms with Crippen LogP contribution in [0.25, 0.3) is 10.9 Å². The number of rotatable bonds is 2. The number of nitrogens with two attached hydrogens (primary N) is 1. The zero-order valence-corrected chi connectivity index (χ0v) is 10.7. The lowest BCUT2D eigenvalue weighted by Crippen LogP contribution is -2.19. The lowest BCUT2D eigenvalue weighted by Gasteiger charge is -2.08. The van der Waals surface area contributed by atoms with E-state index in [1.165, 1.54) is 22.2 Å². The van der Waals surface area contributed by atoms with Crippen molar-refractivity contribution in [2.24, 2.45) is 12.8 Å². The molecule has 16 heavy (non-hydrogen) atoms. The Morgan fingerprint density at radius 2 is 2.12 bits per heavy atom. The summed E-state index contributed by atoms with van der Waals surface area (Å²) < 4.78 is 2.21. The SMILES string of the molecule is Cc1c(CC(C)N)n(C)c2ccc(Cl)cc12. The van der Waals surface area contributed by atoms with E-state index < -0.39 is 0 Å². The molecule has 2 aromatic rings. The molecule has 2 nitrogen and oxygen atoms in total. The number of hydrogen-bond acceptors (Lipinski definition) is 1. The molecular weight excluding hydrogens is 220 g/mol. The van der Waals surface area contributed by atoms with Gasteiger partial charge in [0.05, 0.1) is 0 Å².